The van der Waals surface area contributed by atoms with E-state index in [-0.39, 0.29) is 17.4 Å². The van der Waals surface area contributed by atoms with Crippen LogP contribution < -0.4 is 5.32 Å². The van der Waals surface area contributed by atoms with Crippen molar-refractivity contribution in [3.8, 4) is 0 Å². The van der Waals surface area contributed by atoms with Gasteiger partial charge in [-0.2, -0.15) is 9.78 Å². The van der Waals surface area contributed by atoms with Crippen molar-refractivity contribution in [1.29, 1.82) is 0 Å². The van der Waals surface area contributed by atoms with Crippen LogP contribution in [0.15, 0.2) is 72.9 Å². The minimum absolute atomic E-state index is 0.224. The monoisotopic (exact) mass is 409 g/mol. The summed E-state index contributed by atoms with van der Waals surface area (Å²) in [6.07, 6.45) is 1.58. The third kappa shape index (κ3) is 3.50. The highest BCUT2D eigenvalue weighted by atomic mass is 35.5. The maximum absolute atomic E-state index is 12.6. The van der Waals surface area contributed by atoms with Gasteiger partial charge in [-0.05, 0) is 48.5 Å². The van der Waals surface area contributed by atoms with Crippen molar-refractivity contribution in [2.24, 2.45) is 0 Å². The lowest BCUT2D eigenvalue weighted by molar-refractivity contribution is 0.0949. The molecular weight excluding hydrogens is 397 g/mol. The van der Waals surface area contributed by atoms with Crippen molar-refractivity contribution in [2.45, 2.75) is 0 Å². The van der Waals surface area contributed by atoms with Crippen LogP contribution in [0.2, 0.25) is 10.0 Å². The molecule has 0 bridgehead atoms. The topological polar surface area (TPSA) is 64.0 Å². The van der Waals surface area contributed by atoms with Crippen LogP contribution in [0.1, 0.15) is 20.7 Å². The summed E-state index contributed by atoms with van der Waals surface area (Å²) in [5.74, 6) is -0.599. The fourth-order valence-corrected chi connectivity index (χ4v) is 3.22. The van der Waals surface area contributed by atoms with Gasteiger partial charge in [-0.25, -0.2) is 0 Å². The highest BCUT2D eigenvalue weighted by Crippen LogP contribution is 2.24. The van der Waals surface area contributed by atoms with E-state index in [1.807, 2.05) is 6.07 Å². The Morgan fingerprint density at radius 3 is 2.50 bits per heavy atom. The number of anilines is 1. The normalized spacial score (nSPS) is 10.8. The van der Waals surface area contributed by atoms with E-state index in [9.17, 15) is 9.59 Å². The fraction of sp³-hybridized carbons (Fsp3) is 0. The molecule has 0 unspecified atom stereocenters. The number of halogens is 2. The fourth-order valence-electron chi connectivity index (χ4n) is 2.85. The lowest BCUT2D eigenvalue weighted by Gasteiger charge is -2.08. The molecule has 138 valence electrons. The van der Waals surface area contributed by atoms with Gasteiger partial charge in [0.25, 0.3) is 11.8 Å². The van der Waals surface area contributed by atoms with Gasteiger partial charge in [0.2, 0.25) is 0 Å². The van der Waals surface area contributed by atoms with Crippen molar-refractivity contribution in [2.75, 3.05) is 5.32 Å². The SMILES string of the molecule is O=C(Nc1ccc2c(cnn2C(=O)c2ccccc2)c1)c1cc(Cl)ccc1Cl. The molecule has 1 aromatic heterocycles. The average Bonchev–Trinajstić information content (AvgIpc) is 3.13. The molecule has 7 heteroatoms. The summed E-state index contributed by atoms with van der Waals surface area (Å²) in [4.78, 5) is 25.1. The molecule has 5 nitrogen and oxygen atoms in total. The lowest BCUT2D eigenvalue weighted by Crippen LogP contribution is -2.13. The first-order valence-corrected chi connectivity index (χ1v) is 9.12. The van der Waals surface area contributed by atoms with E-state index in [2.05, 4.69) is 10.4 Å². The van der Waals surface area contributed by atoms with Crippen molar-refractivity contribution in [3.63, 3.8) is 0 Å². The van der Waals surface area contributed by atoms with Gasteiger partial charge in [0.05, 0.1) is 22.3 Å². The zero-order valence-corrected chi connectivity index (χ0v) is 15.9. The number of amides is 1. The predicted octanol–water partition coefficient (Wildman–Crippen LogP) is 5.28. The largest absolute Gasteiger partial charge is 0.322 e. The number of nitrogens with zero attached hydrogens (tertiary/aromatic N) is 2. The number of benzene rings is 3. The molecule has 0 aliphatic carbocycles. The molecule has 0 aliphatic heterocycles. The molecule has 0 saturated carbocycles. The highest BCUT2D eigenvalue weighted by molar-refractivity contribution is 6.36. The first kappa shape index (κ1) is 18.2. The van der Waals surface area contributed by atoms with Crippen LogP contribution in [0.3, 0.4) is 0 Å². The molecule has 1 heterocycles. The first-order chi connectivity index (χ1) is 13.5. The van der Waals surface area contributed by atoms with E-state index in [0.29, 0.717) is 26.8 Å². The van der Waals surface area contributed by atoms with Gasteiger partial charge >= 0.3 is 0 Å². The van der Waals surface area contributed by atoms with Crippen molar-refractivity contribution < 1.29 is 9.59 Å². The van der Waals surface area contributed by atoms with E-state index < -0.39 is 0 Å². The van der Waals surface area contributed by atoms with Crippen molar-refractivity contribution in [3.05, 3.63) is 94.1 Å². The molecule has 28 heavy (non-hydrogen) atoms. The third-order valence-corrected chi connectivity index (χ3v) is 4.78. The number of rotatable bonds is 3. The summed E-state index contributed by atoms with van der Waals surface area (Å²) in [5.41, 5.74) is 2.03. The molecule has 0 fully saturated rings. The van der Waals surface area contributed by atoms with Crippen LogP contribution in [0.4, 0.5) is 5.69 Å². The van der Waals surface area contributed by atoms with Gasteiger partial charge in [-0.3, -0.25) is 9.59 Å². The van der Waals surface area contributed by atoms with Crippen LogP contribution in [0.5, 0.6) is 0 Å². The Morgan fingerprint density at radius 2 is 1.71 bits per heavy atom. The van der Waals surface area contributed by atoms with Gasteiger partial charge in [-0.15, -0.1) is 0 Å². The summed E-state index contributed by atoms with van der Waals surface area (Å²) < 4.78 is 1.34. The Balaban J connectivity index is 1.62. The van der Waals surface area contributed by atoms with Crippen LogP contribution >= 0.6 is 23.2 Å². The Hall–Kier alpha value is -3.15. The minimum atomic E-state index is -0.375. The second kappa shape index (κ2) is 7.46. The molecule has 0 saturated heterocycles. The summed E-state index contributed by atoms with van der Waals surface area (Å²) in [7, 11) is 0. The van der Waals surface area contributed by atoms with Gasteiger partial charge in [-0.1, -0.05) is 41.4 Å². The van der Waals surface area contributed by atoms with Crippen molar-refractivity contribution >= 4 is 51.6 Å². The second-order valence-corrected chi connectivity index (χ2v) is 6.92. The number of aromatic nitrogens is 2. The third-order valence-electron chi connectivity index (χ3n) is 4.21. The Labute approximate surface area is 170 Å². The molecule has 3 aromatic carbocycles. The molecule has 0 radical (unpaired) electrons. The van der Waals surface area contributed by atoms with Crippen LogP contribution in [-0.2, 0) is 0 Å². The number of nitrogens with one attached hydrogen (secondary N) is 1. The minimum Gasteiger partial charge on any atom is -0.322 e. The van der Waals surface area contributed by atoms with E-state index in [1.54, 1.807) is 60.8 Å². The molecule has 1 amide bonds. The summed E-state index contributed by atoms with van der Waals surface area (Å²) >= 11 is 12.0. The maximum atomic E-state index is 12.6. The van der Waals surface area contributed by atoms with Gasteiger partial charge in [0.15, 0.2) is 0 Å². The number of hydrogen-bond acceptors (Lipinski definition) is 3. The molecule has 4 aromatic rings. The van der Waals surface area contributed by atoms with Gasteiger partial charge in [0, 0.05) is 21.7 Å². The van der Waals surface area contributed by atoms with E-state index >= 15 is 0 Å². The summed E-state index contributed by atoms with van der Waals surface area (Å²) in [6, 6.07) is 18.8. The maximum Gasteiger partial charge on any atom is 0.278 e. The summed E-state index contributed by atoms with van der Waals surface area (Å²) in [6.45, 7) is 0. The van der Waals surface area contributed by atoms with E-state index in [0.717, 1.165) is 5.39 Å². The van der Waals surface area contributed by atoms with Gasteiger partial charge in [0.1, 0.15) is 0 Å². The number of carbonyl (C=O) groups excluding carboxylic acids is 2. The lowest BCUT2D eigenvalue weighted by atomic mass is 10.2. The predicted molar refractivity (Wildman–Crippen MR) is 110 cm³/mol. The quantitative estimate of drug-likeness (QED) is 0.500. The molecule has 1 N–H and O–H groups in total. The molecule has 0 spiro atoms. The zero-order valence-electron chi connectivity index (χ0n) is 14.4. The van der Waals surface area contributed by atoms with Crippen LogP contribution in [0.25, 0.3) is 10.9 Å². The van der Waals surface area contributed by atoms with Crippen LogP contribution in [0, 0.1) is 0 Å². The number of fused-ring (bicyclic) bond motifs is 1. The molecular formula is C21H13Cl2N3O2. The second-order valence-electron chi connectivity index (χ2n) is 6.08. The number of hydrogen-bond donors (Lipinski definition) is 1. The Kier molecular flexibility index (Phi) is 4.86. The van der Waals surface area contributed by atoms with Crippen LogP contribution in [-0.4, -0.2) is 21.6 Å². The highest BCUT2D eigenvalue weighted by Gasteiger charge is 2.15. The standard InChI is InChI=1S/C21H13Cl2N3O2/c22-15-6-8-18(23)17(11-15)20(27)25-16-7-9-19-14(10-16)12-24-26(19)21(28)13-4-2-1-3-5-13/h1-12H,(H,25,27). The molecule has 0 atom stereocenters. The Morgan fingerprint density at radius 1 is 0.929 bits per heavy atom. The summed E-state index contributed by atoms with van der Waals surface area (Å²) in [5, 5.41) is 8.43. The van der Waals surface area contributed by atoms with E-state index in [1.165, 1.54) is 10.7 Å². The smallest absolute Gasteiger partial charge is 0.278 e. The number of carbonyl (C=O) groups is 2. The Bertz CT molecular complexity index is 1200. The molecule has 4 rings (SSSR count). The molecule has 0 aliphatic rings. The van der Waals surface area contributed by atoms with Crippen molar-refractivity contribution in [1.82, 2.24) is 9.78 Å². The van der Waals surface area contributed by atoms with Gasteiger partial charge < -0.3 is 5.32 Å². The zero-order chi connectivity index (χ0) is 19.7. The first-order valence-electron chi connectivity index (χ1n) is 8.37. The van der Waals surface area contributed by atoms with E-state index in [4.69, 9.17) is 23.2 Å². The average molecular weight is 410 g/mol.